The molecular weight excluding hydrogens is 684 g/mol. The molecule has 0 bridgehead atoms. The molecule has 0 unspecified atom stereocenters. The molecule has 58 heavy (non-hydrogen) atoms. The highest BCUT2D eigenvalue weighted by Gasteiger charge is 2.24. The number of nitrogens with zero attached hydrogens (tertiary/aromatic N) is 2. The van der Waals surface area contributed by atoms with Crippen LogP contribution in [0.1, 0.15) is 0 Å². The van der Waals surface area contributed by atoms with E-state index in [9.17, 15) is 0 Å². The SMILES string of the molecule is Bc1c(B)c(B)c(-c2c(B)c(B)c(B)c(-n3c4ccccc4c4cc(-c5ccc6c7ccccc7n(-c7c(B)c(B)c(B)c(B)c7B)c6c5)ccc43)c2B)c(B)c1B. The van der Waals surface area contributed by atoms with Crippen LogP contribution in [0.3, 0.4) is 0 Å². The molecule has 0 saturated carbocycles. The van der Waals surface area contributed by atoms with E-state index in [2.05, 4.69) is 204 Å². The van der Waals surface area contributed by atoms with Crippen molar-refractivity contribution in [3.8, 4) is 33.6 Å². The molecule has 0 saturated heterocycles. The molecule has 0 spiro atoms. The van der Waals surface area contributed by atoms with Gasteiger partial charge in [0.05, 0.1) is 22.1 Å². The van der Waals surface area contributed by atoms with Gasteiger partial charge in [0.2, 0.25) is 0 Å². The zero-order valence-corrected chi connectivity index (χ0v) is 37.0. The lowest BCUT2D eigenvalue weighted by Crippen LogP contribution is -2.57. The maximum atomic E-state index is 2.56. The maximum Gasteiger partial charge on any atom is 0.142 e. The second kappa shape index (κ2) is 13.8. The van der Waals surface area contributed by atoms with Gasteiger partial charge < -0.3 is 9.13 Å². The molecule has 262 valence electrons. The fourth-order valence-corrected chi connectivity index (χ4v) is 10.5. The van der Waals surface area contributed by atoms with E-state index in [0.717, 1.165) is 0 Å². The Morgan fingerprint density at radius 3 is 1.16 bits per heavy atom. The van der Waals surface area contributed by atoms with E-state index >= 15 is 0 Å². The van der Waals surface area contributed by atoms with Gasteiger partial charge in [-0.05, 0) is 52.6 Å². The van der Waals surface area contributed by atoms with Gasteiger partial charge in [-0.2, -0.15) is 0 Å². The molecule has 16 heteroatoms. The molecule has 2 aromatic heterocycles. The maximum absolute atomic E-state index is 2.56. The molecule has 2 heterocycles. The summed E-state index contributed by atoms with van der Waals surface area (Å²) in [5.41, 5.74) is 32.1. The topological polar surface area (TPSA) is 9.86 Å². The highest BCUT2D eigenvalue weighted by Crippen LogP contribution is 2.37. The van der Waals surface area contributed by atoms with E-state index in [1.54, 1.807) is 0 Å². The second-order valence-corrected chi connectivity index (χ2v) is 17.4. The van der Waals surface area contributed by atoms with Gasteiger partial charge >= 0.3 is 0 Å². The van der Waals surface area contributed by atoms with E-state index in [0.29, 0.717) is 0 Å². The van der Waals surface area contributed by atoms with Crippen LogP contribution in [0.15, 0.2) is 84.9 Å². The first-order valence-electron chi connectivity index (χ1n) is 21.0. The van der Waals surface area contributed by atoms with Crippen molar-refractivity contribution in [1.29, 1.82) is 0 Å². The molecule has 0 atom stereocenters. The van der Waals surface area contributed by atoms with Gasteiger partial charge in [0.15, 0.2) is 0 Å². The van der Waals surface area contributed by atoms with Crippen molar-refractivity contribution in [2.75, 3.05) is 0 Å². The Morgan fingerprint density at radius 1 is 0.259 bits per heavy atom. The summed E-state index contributed by atoms with van der Waals surface area (Å²) in [5, 5.41) is 5.13. The summed E-state index contributed by atoms with van der Waals surface area (Å²) in [6, 6.07) is 32.1. The van der Waals surface area contributed by atoms with Gasteiger partial charge in [0, 0.05) is 32.9 Å². The van der Waals surface area contributed by atoms with E-state index < -0.39 is 0 Å². The Balaban J connectivity index is 1.30. The second-order valence-electron chi connectivity index (χ2n) is 17.4. The van der Waals surface area contributed by atoms with E-state index in [-0.39, 0.29) is 0 Å². The largest absolute Gasteiger partial charge is 0.310 e. The number of rotatable bonds is 4. The van der Waals surface area contributed by atoms with Crippen LogP contribution in [-0.2, 0) is 0 Å². The van der Waals surface area contributed by atoms with Crippen LogP contribution < -0.4 is 76.5 Å². The number of fused-ring (bicyclic) bond motifs is 6. The van der Waals surface area contributed by atoms with Crippen LogP contribution in [-0.4, -0.2) is 119 Å². The van der Waals surface area contributed by atoms with Crippen molar-refractivity contribution in [3.63, 3.8) is 0 Å². The molecule has 9 aromatic rings. The fourth-order valence-electron chi connectivity index (χ4n) is 10.5. The van der Waals surface area contributed by atoms with Gasteiger partial charge in [-0.3, -0.25) is 0 Å². The Morgan fingerprint density at radius 2 is 0.603 bits per heavy atom. The third-order valence-electron chi connectivity index (χ3n) is 14.9. The third kappa shape index (κ3) is 5.32. The highest BCUT2D eigenvalue weighted by molar-refractivity contribution is 6.71. The minimum absolute atomic E-state index is 1.23. The zero-order chi connectivity index (χ0) is 41.2. The summed E-state index contributed by atoms with van der Waals surface area (Å²) in [6.45, 7) is 0. The van der Waals surface area contributed by atoms with Gasteiger partial charge in [0.25, 0.3) is 0 Å². The van der Waals surface area contributed by atoms with Gasteiger partial charge in [-0.25, -0.2) is 0 Å². The summed E-state index contributed by atoms with van der Waals surface area (Å²) in [5.74, 6) is 0. The van der Waals surface area contributed by atoms with Gasteiger partial charge in [0.1, 0.15) is 110 Å². The molecule has 0 radical (unpaired) electrons. The van der Waals surface area contributed by atoms with E-state index in [1.807, 2.05) is 0 Å². The standard InChI is InChI=1S/C42H42B14N2/c43-27-25(28(44)32(48)34(50)31(27)47)26-29(45)33(49)38(54)41(30(26)46)57-22-8-4-2-6-18(22)20-13-15(10-12-23(20)57)16-9-11-19-17-5-1-3-7-21(17)58(24(19)14-16)42-39(55)36(52)35(51)37(53)40(42)56/h1-14H,43-56H2. The molecule has 0 aliphatic rings. The molecule has 9 rings (SSSR count). The van der Waals surface area contributed by atoms with Crippen LogP contribution in [0.4, 0.5) is 0 Å². The van der Waals surface area contributed by atoms with E-state index in [4.69, 9.17) is 0 Å². The van der Waals surface area contributed by atoms with Crippen molar-refractivity contribution >= 4 is 230 Å². The Labute approximate surface area is 355 Å². The van der Waals surface area contributed by atoms with Crippen molar-refractivity contribution in [2.45, 2.75) is 0 Å². The lowest BCUT2D eigenvalue weighted by Gasteiger charge is -2.28. The minimum atomic E-state index is 1.23. The summed E-state index contributed by atoms with van der Waals surface area (Å²) in [4.78, 5) is 0. The van der Waals surface area contributed by atoms with Crippen molar-refractivity contribution in [3.05, 3.63) is 84.9 Å². The van der Waals surface area contributed by atoms with E-state index in [1.165, 1.54) is 154 Å². The first-order chi connectivity index (χ1) is 27.6. The lowest BCUT2D eigenvalue weighted by molar-refractivity contribution is 1.21. The summed E-state index contributed by atoms with van der Waals surface area (Å²) >= 11 is 0. The number of hydrogen-bond donors (Lipinski definition) is 0. The van der Waals surface area contributed by atoms with Crippen molar-refractivity contribution in [1.82, 2.24) is 9.13 Å². The summed E-state index contributed by atoms with van der Waals surface area (Å²) < 4.78 is 5.09. The van der Waals surface area contributed by atoms with Gasteiger partial charge in [-0.15, -0.1) is 21.9 Å². The summed E-state index contributed by atoms with van der Waals surface area (Å²) in [6.07, 6.45) is 0. The predicted molar refractivity (Wildman–Crippen MR) is 300 cm³/mol. The zero-order valence-electron chi connectivity index (χ0n) is 37.0. The molecular formula is C42H42B14N2. The Kier molecular flexibility index (Phi) is 9.19. The number of para-hydroxylation sites is 2. The van der Waals surface area contributed by atoms with Crippen LogP contribution in [0.25, 0.3) is 77.2 Å². The third-order valence-corrected chi connectivity index (χ3v) is 14.9. The fraction of sp³-hybridized carbons (Fsp3) is 0. The summed E-state index contributed by atoms with van der Waals surface area (Å²) in [7, 11) is 32.2. The number of hydrogen-bond acceptors (Lipinski definition) is 0. The Hall–Kier alpha value is -4.95. The molecule has 0 aliphatic carbocycles. The van der Waals surface area contributed by atoms with Crippen LogP contribution in [0.2, 0.25) is 0 Å². The average Bonchev–Trinajstić information content (AvgIpc) is 3.73. The molecule has 0 fully saturated rings. The lowest BCUT2D eigenvalue weighted by atomic mass is 9.56. The quantitative estimate of drug-likeness (QED) is 0.160. The van der Waals surface area contributed by atoms with Crippen LogP contribution in [0.5, 0.6) is 0 Å². The predicted octanol–water partition coefficient (Wildman–Crippen LogP) is -13.2. The number of aromatic nitrogens is 2. The molecule has 7 aromatic carbocycles. The van der Waals surface area contributed by atoms with Crippen LogP contribution >= 0.6 is 0 Å². The first kappa shape index (κ1) is 38.6. The molecule has 0 aliphatic heterocycles. The molecule has 0 N–H and O–H groups in total. The highest BCUT2D eigenvalue weighted by atomic mass is 15.0. The van der Waals surface area contributed by atoms with Crippen molar-refractivity contribution < 1.29 is 0 Å². The Bertz CT molecular complexity index is 3230. The average molecular weight is 726 g/mol. The monoisotopic (exact) mass is 728 g/mol. The van der Waals surface area contributed by atoms with Crippen LogP contribution in [0, 0.1) is 0 Å². The number of benzene rings is 7. The molecule has 2 nitrogen and oxygen atoms in total. The first-order valence-corrected chi connectivity index (χ1v) is 21.0. The smallest absolute Gasteiger partial charge is 0.142 e. The van der Waals surface area contributed by atoms with Crippen molar-refractivity contribution in [2.24, 2.45) is 0 Å². The normalized spacial score (nSPS) is 11.7. The molecule has 0 amide bonds. The van der Waals surface area contributed by atoms with Gasteiger partial charge in [-0.1, -0.05) is 109 Å². The minimum Gasteiger partial charge on any atom is -0.310 e.